The van der Waals surface area contributed by atoms with Gasteiger partial charge in [-0.3, -0.25) is 10.1 Å². The molecule has 0 saturated carbocycles. The molecule has 1 amide bonds. The van der Waals surface area contributed by atoms with Gasteiger partial charge in [0.15, 0.2) is 5.13 Å². The fourth-order valence-electron chi connectivity index (χ4n) is 1.35. The first-order valence-corrected chi connectivity index (χ1v) is 5.73. The van der Waals surface area contributed by atoms with Gasteiger partial charge in [0.05, 0.1) is 12.7 Å². The molecule has 88 valence electrons. The Bertz CT molecular complexity index is 526. The smallest absolute Gasteiger partial charge is 0.261 e. The standard InChI is InChI=1S/C11H11N3O2S/c1-16-9-3-2-7(12)6-8(9)10(15)14-11-13-4-5-17-11/h2-6H,12H2,1H3,(H,13,14,15). The van der Waals surface area contributed by atoms with Crippen molar-refractivity contribution in [3.05, 3.63) is 35.3 Å². The van der Waals surface area contributed by atoms with Crippen LogP contribution in [0.25, 0.3) is 0 Å². The number of hydrogen-bond acceptors (Lipinski definition) is 5. The van der Waals surface area contributed by atoms with E-state index in [9.17, 15) is 4.79 Å². The van der Waals surface area contributed by atoms with Crippen molar-refractivity contribution >= 4 is 28.1 Å². The number of benzene rings is 1. The SMILES string of the molecule is COc1ccc(N)cc1C(=O)Nc1nccs1. The zero-order valence-electron chi connectivity index (χ0n) is 9.14. The van der Waals surface area contributed by atoms with E-state index in [0.717, 1.165) is 0 Å². The maximum absolute atomic E-state index is 12.0. The van der Waals surface area contributed by atoms with Crippen molar-refractivity contribution in [2.45, 2.75) is 0 Å². The fraction of sp³-hybridized carbons (Fsp3) is 0.0909. The van der Waals surface area contributed by atoms with Crippen molar-refractivity contribution in [2.75, 3.05) is 18.2 Å². The van der Waals surface area contributed by atoms with Crippen LogP contribution < -0.4 is 15.8 Å². The molecule has 0 aliphatic carbocycles. The first-order chi connectivity index (χ1) is 8.20. The number of hydrogen-bond donors (Lipinski definition) is 2. The number of anilines is 2. The molecule has 17 heavy (non-hydrogen) atoms. The quantitative estimate of drug-likeness (QED) is 0.815. The molecule has 0 radical (unpaired) electrons. The zero-order chi connectivity index (χ0) is 12.3. The predicted octanol–water partition coefficient (Wildman–Crippen LogP) is 1.99. The van der Waals surface area contributed by atoms with E-state index < -0.39 is 0 Å². The number of carbonyl (C=O) groups is 1. The van der Waals surface area contributed by atoms with Crippen molar-refractivity contribution in [1.29, 1.82) is 0 Å². The van der Waals surface area contributed by atoms with Crippen molar-refractivity contribution in [3.63, 3.8) is 0 Å². The van der Waals surface area contributed by atoms with Gasteiger partial charge in [-0.2, -0.15) is 0 Å². The van der Waals surface area contributed by atoms with Gasteiger partial charge in [-0.15, -0.1) is 11.3 Å². The highest BCUT2D eigenvalue weighted by atomic mass is 32.1. The Hall–Kier alpha value is -2.08. The van der Waals surface area contributed by atoms with Crippen LogP contribution in [0.3, 0.4) is 0 Å². The second-order valence-electron chi connectivity index (χ2n) is 3.25. The van der Waals surface area contributed by atoms with E-state index in [2.05, 4.69) is 10.3 Å². The van der Waals surface area contributed by atoms with Gasteiger partial charge in [0.25, 0.3) is 5.91 Å². The van der Waals surface area contributed by atoms with E-state index in [0.29, 0.717) is 22.1 Å². The van der Waals surface area contributed by atoms with E-state index in [4.69, 9.17) is 10.5 Å². The summed E-state index contributed by atoms with van der Waals surface area (Å²) >= 11 is 1.35. The van der Waals surface area contributed by atoms with Gasteiger partial charge >= 0.3 is 0 Å². The Morgan fingerprint density at radius 2 is 2.35 bits per heavy atom. The molecule has 6 heteroatoms. The van der Waals surface area contributed by atoms with Gasteiger partial charge < -0.3 is 10.5 Å². The number of nitrogens with two attached hydrogens (primary N) is 1. The summed E-state index contributed by atoms with van der Waals surface area (Å²) in [5.74, 6) is 0.192. The zero-order valence-corrected chi connectivity index (χ0v) is 9.95. The number of nitrogen functional groups attached to an aromatic ring is 1. The summed E-state index contributed by atoms with van der Waals surface area (Å²) in [6, 6.07) is 4.91. The lowest BCUT2D eigenvalue weighted by Crippen LogP contribution is -2.13. The molecule has 1 aromatic carbocycles. The number of nitrogens with one attached hydrogen (secondary N) is 1. The molecule has 5 nitrogen and oxygen atoms in total. The van der Waals surface area contributed by atoms with Crippen LogP contribution in [-0.2, 0) is 0 Å². The number of methoxy groups -OCH3 is 1. The summed E-state index contributed by atoms with van der Waals surface area (Å²) in [7, 11) is 1.51. The molecular weight excluding hydrogens is 238 g/mol. The van der Waals surface area contributed by atoms with Crippen LogP contribution >= 0.6 is 11.3 Å². The minimum atomic E-state index is -0.288. The Morgan fingerprint density at radius 1 is 1.53 bits per heavy atom. The molecular formula is C11H11N3O2S. The molecule has 0 saturated heterocycles. The summed E-state index contributed by atoms with van der Waals surface area (Å²) < 4.78 is 5.11. The lowest BCUT2D eigenvalue weighted by molar-refractivity contribution is 0.102. The highest BCUT2D eigenvalue weighted by Gasteiger charge is 2.13. The molecule has 0 aliphatic heterocycles. The largest absolute Gasteiger partial charge is 0.496 e. The van der Waals surface area contributed by atoms with E-state index in [-0.39, 0.29) is 5.91 Å². The van der Waals surface area contributed by atoms with Crippen LogP contribution in [0, 0.1) is 0 Å². The lowest BCUT2D eigenvalue weighted by atomic mass is 10.1. The van der Waals surface area contributed by atoms with Crippen LogP contribution in [0.1, 0.15) is 10.4 Å². The number of nitrogens with zero attached hydrogens (tertiary/aromatic N) is 1. The first-order valence-electron chi connectivity index (χ1n) is 4.85. The summed E-state index contributed by atoms with van der Waals surface area (Å²) in [5, 5.41) is 5.00. The third kappa shape index (κ3) is 2.54. The summed E-state index contributed by atoms with van der Waals surface area (Å²) in [6.07, 6.45) is 1.62. The van der Waals surface area contributed by atoms with Crippen molar-refractivity contribution in [2.24, 2.45) is 0 Å². The fourth-order valence-corrected chi connectivity index (χ4v) is 1.88. The molecule has 0 unspecified atom stereocenters. The highest BCUT2D eigenvalue weighted by molar-refractivity contribution is 7.13. The third-order valence-electron chi connectivity index (χ3n) is 2.12. The molecule has 1 aromatic heterocycles. The first kappa shape index (κ1) is 11.4. The normalized spacial score (nSPS) is 9.94. The Labute approximate surface area is 102 Å². The Kier molecular flexibility index (Phi) is 3.24. The second kappa shape index (κ2) is 4.84. The molecule has 0 bridgehead atoms. The Morgan fingerprint density at radius 3 is 3.00 bits per heavy atom. The molecule has 0 fully saturated rings. The van der Waals surface area contributed by atoms with E-state index in [1.807, 2.05) is 0 Å². The van der Waals surface area contributed by atoms with E-state index in [1.54, 1.807) is 29.8 Å². The molecule has 0 atom stereocenters. The van der Waals surface area contributed by atoms with Gasteiger partial charge in [-0.05, 0) is 18.2 Å². The summed E-state index contributed by atoms with van der Waals surface area (Å²) in [6.45, 7) is 0. The number of ether oxygens (including phenoxy) is 1. The number of amides is 1. The molecule has 2 rings (SSSR count). The maximum atomic E-state index is 12.0. The number of thiazole rings is 1. The summed E-state index contributed by atoms with van der Waals surface area (Å²) in [4.78, 5) is 15.9. The number of carbonyl (C=O) groups excluding carboxylic acids is 1. The van der Waals surface area contributed by atoms with E-state index >= 15 is 0 Å². The molecule has 2 aromatic rings. The van der Waals surface area contributed by atoms with Crippen molar-refractivity contribution in [1.82, 2.24) is 4.98 Å². The van der Waals surface area contributed by atoms with Gasteiger partial charge in [-0.25, -0.2) is 4.98 Å². The minimum Gasteiger partial charge on any atom is -0.496 e. The molecule has 1 heterocycles. The van der Waals surface area contributed by atoms with Crippen molar-refractivity contribution in [3.8, 4) is 5.75 Å². The van der Waals surface area contributed by atoms with E-state index in [1.165, 1.54) is 18.4 Å². The number of aromatic nitrogens is 1. The third-order valence-corrected chi connectivity index (χ3v) is 2.81. The average Bonchev–Trinajstić information content (AvgIpc) is 2.81. The van der Waals surface area contributed by atoms with Crippen LogP contribution in [-0.4, -0.2) is 18.0 Å². The highest BCUT2D eigenvalue weighted by Crippen LogP contribution is 2.22. The monoisotopic (exact) mass is 249 g/mol. The predicted molar refractivity (Wildman–Crippen MR) is 67.5 cm³/mol. The Balaban J connectivity index is 2.26. The van der Waals surface area contributed by atoms with Crippen LogP contribution in [0.4, 0.5) is 10.8 Å². The molecule has 3 N–H and O–H groups in total. The maximum Gasteiger partial charge on any atom is 0.261 e. The van der Waals surface area contributed by atoms with Gasteiger partial charge in [-0.1, -0.05) is 0 Å². The average molecular weight is 249 g/mol. The second-order valence-corrected chi connectivity index (χ2v) is 4.15. The number of rotatable bonds is 3. The molecule has 0 aliphatic rings. The lowest BCUT2D eigenvalue weighted by Gasteiger charge is -2.08. The van der Waals surface area contributed by atoms with Crippen LogP contribution in [0.5, 0.6) is 5.75 Å². The van der Waals surface area contributed by atoms with Gasteiger partial charge in [0, 0.05) is 17.3 Å². The van der Waals surface area contributed by atoms with Crippen LogP contribution in [0.15, 0.2) is 29.8 Å². The van der Waals surface area contributed by atoms with Gasteiger partial charge in [0.1, 0.15) is 5.75 Å². The minimum absolute atomic E-state index is 0.288. The van der Waals surface area contributed by atoms with Crippen molar-refractivity contribution < 1.29 is 9.53 Å². The van der Waals surface area contributed by atoms with Gasteiger partial charge in [0.2, 0.25) is 0 Å². The topological polar surface area (TPSA) is 77.2 Å². The molecule has 0 spiro atoms. The van der Waals surface area contributed by atoms with Crippen LogP contribution in [0.2, 0.25) is 0 Å². The summed E-state index contributed by atoms with van der Waals surface area (Å²) in [5.41, 5.74) is 6.55.